The van der Waals surface area contributed by atoms with Gasteiger partial charge in [-0.1, -0.05) is 56.6 Å². The first-order valence-electron chi connectivity index (χ1n) is 8.57. The zero-order valence-electron chi connectivity index (χ0n) is 14.3. The Morgan fingerprint density at radius 3 is 1.87 bits per heavy atom. The van der Waals surface area contributed by atoms with Crippen molar-refractivity contribution in [3.05, 3.63) is 65.2 Å². The van der Waals surface area contributed by atoms with Crippen molar-refractivity contribution in [3.8, 4) is 17.6 Å². The van der Waals surface area contributed by atoms with Gasteiger partial charge in [0.1, 0.15) is 5.75 Å². The Labute approximate surface area is 140 Å². The van der Waals surface area contributed by atoms with Crippen LogP contribution in [0.25, 0.3) is 0 Å². The van der Waals surface area contributed by atoms with Crippen molar-refractivity contribution in [2.75, 3.05) is 7.11 Å². The zero-order valence-corrected chi connectivity index (χ0v) is 14.3. The summed E-state index contributed by atoms with van der Waals surface area (Å²) in [6, 6.07) is 16.5. The second-order valence-electron chi connectivity index (χ2n) is 5.84. The summed E-state index contributed by atoms with van der Waals surface area (Å²) in [5.41, 5.74) is 3.48. The lowest BCUT2D eigenvalue weighted by Gasteiger charge is -2.02. The lowest BCUT2D eigenvalue weighted by Crippen LogP contribution is -1.86. The second-order valence-corrected chi connectivity index (χ2v) is 5.84. The fourth-order valence-corrected chi connectivity index (χ4v) is 2.51. The lowest BCUT2D eigenvalue weighted by molar-refractivity contribution is 0.415. The van der Waals surface area contributed by atoms with Gasteiger partial charge >= 0.3 is 0 Å². The summed E-state index contributed by atoms with van der Waals surface area (Å²) >= 11 is 0. The smallest absolute Gasteiger partial charge is 0.118 e. The van der Waals surface area contributed by atoms with E-state index >= 15 is 0 Å². The van der Waals surface area contributed by atoms with Crippen LogP contribution in [0.4, 0.5) is 0 Å². The fourth-order valence-electron chi connectivity index (χ4n) is 2.51. The minimum Gasteiger partial charge on any atom is -0.497 e. The summed E-state index contributed by atoms with van der Waals surface area (Å²) in [6.07, 6.45) is 7.84. The van der Waals surface area contributed by atoms with Gasteiger partial charge in [-0.15, -0.1) is 0 Å². The Bertz CT molecular complexity index is 626. The number of rotatable bonds is 7. The normalized spacial score (nSPS) is 10.0. The first-order valence-corrected chi connectivity index (χ1v) is 8.57. The van der Waals surface area contributed by atoms with E-state index in [0.29, 0.717) is 0 Å². The van der Waals surface area contributed by atoms with E-state index < -0.39 is 0 Å². The molecular formula is C22H26O. The molecule has 0 fully saturated rings. The molecule has 120 valence electrons. The van der Waals surface area contributed by atoms with Crippen LogP contribution in [-0.4, -0.2) is 7.11 Å². The van der Waals surface area contributed by atoms with E-state index in [4.69, 9.17) is 4.74 Å². The molecule has 0 unspecified atom stereocenters. The maximum Gasteiger partial charge on any atom is 0.118 e. The molecule has 2 aromatic rings. The Kier molecular flexibility index (Phi) is 7.27. The second kappa shape index (κ2) is 9.74. The number of ether oxygens (including phenoxy) is 1. The van der Waals surface area contributed by atoms with Crippen LogP contribution in [-0.2, 0) is 6.42 Å². The van der Waals surface area contributed by atoms with Crippen LogP contribution in [0.5, 0.6) is 5.75 Å². The van der Waals surface area contributed by atoms with E-state index in [0.717, 1.165) is 16.9 Å². The highest BCUT2D eigenvalue weighted by Crippen LogP contribution is 2.12. The Balaban J connectivity index is 1.86. The maximum absolute atomic E-state index is 5.15. The molecule has 0 spiro atoms. The predicted molar refractivity (Wildman–Crippen MR) is 97.9 cm³/mol. The third kappa shape index (κ3) is 6.20. The van der Waals surface area contributed by atoms with E-state index in [1.807, 2.05) is 24.3 Å². The molecule has 0 aliphatic heterocycles. The van der Waals surface area contributed by atoms with Gasteiger partial charge in [-0.3, -0.25) is 0 Å². The monoisotopic (exact) mass is 306 g/mol. The highest BCUT2D eigenvalue weighted by molar-refractivity contribution is 5.44. The van der Waals surface area contributed by atoms with Gasteiger partial charge in [0.15, 0.2) is 0 Å². The van der Waals surface area contributed by atoms with Crippen molar-refractivity contribution in [3.63, 3.8) is 0 Å². The number of unbranched alkanes of at least 4 members (excludes halogenated alkanes) is 4. The van der Waals surface area contributed by atoms with Gasteiger partial charge in [0, 0.05) is 11.1 Å². The topological polar surface area (TPSA) is 9.23 Å². The molecule has 0 atom stereocenters. The van der Waals surface area contributed by atoms with Crippen molar-refractivity contribution in [1.29, 1.82) is 0 Å². The van der Waals surface area contributed by atoms with Gasteiger partial charge < -0.3 is 4.74 Å². The van der Waals surface area contributed by atoms with Crippen LogP contribution in [0.3, 0.4) is 0 Å². The highest BCUT2D eigenvalue weighted by atomic mass is 16.5. The third-order valence-electron chi connectivity index (χ3n) is 3.96. The van der Waals surface area contributed by atoms with Gasteiger partial charge in [-0.2, -0.15) is 0 Å². The number of hydrogen-bond donors (Lipinski definition) is 0. The van der Waals surface area contributed by atoms with E-state index in [1.54, 1.807) is 7.11 Å². The maximum atomic E-state index is 5.15. The molecule has 0 bridgehead atoms. The van der Waals surface area contributed by atoms with Crippen LogP contribution in [0.2, 0.25) is 0 Å². The first kappa shape index (κ1) is 17.2. The molecule has 0 saturated carbocycles. The van der Waals surface area contributed by atoms with E-state index in [1.165, 1.54) is 44.1 Å². The summed E-state index contributed by atoms with van der Waals surface area (Å²) in [5.74, 6) is 7.27. The number of methoxy groups -OCH3 is 1. The van der Waals surface area contributed by atoms with Crippen LogP contribution in [0.15, 0.2) is 48.5 Å². The minimum atomic E-state index is 0.860. The molecule has 1 nitrogen and oxygen atoms in total. The standard InChI is InChI=1S/C22H26O/c1-3-4-5-6-7-8-19-9-11-20(12-10-19)13-14-21-15-17-22(23-2)18-16-21/h9-12,15-18H,3-8H2,1-2H3. The minimum absolute atomic E-state index is 0.860. The van der Waals surface area contributed by atoms with E-state index in [-0.39, 0.29) is 0 Å². The quantitative estimate of drug-likeness (QED) is 0.477. The van der Waals surface area contributed by atoms with Crippen LogP contribution in [0, 0.1) is 11.8 Å². The van der Waals surface area contributed by atoms with Crippen molar-refractivity contribution in [1.82, 2.24) is 0 Å². The number of hydrogen-bond acceptors (Lipinski definition) is 1. The summed E-state index contributed by atoms with van der Waals surface area (Å²) in [6.45, 7) is 2.26. The molecule has 0 aliphatic carbocycles. The summed E-state index contributed by atoms with van der Waals surface area (Å²) in [5, 5.41) is 0. The number of benzene rings is 2. The molecule has 2 aromatic carbocycles. The molecule has 0 heterocycles. The first-order chi connectivity index (χ1) is 11.3. The summed E-state index contributed by atoms with van der Waals surface area (Å²) in [4.78, 5) is 0. The molecule has 0 amide bonds. The zero-order chi connectivity index (χ0) is 16.3. The third-order valence-corrected chi connectivity index (χ3v) is 3.96. The molecule has 0 N–H and O–H groups in total. The van der Waals surface area contributed by atoms with Crippen LogP contribution < -0.4 is 4.74 Å². The SMILES string of the molecule is CCCCCCCc1ccc(C#Cc2ccc(OC)cc2)cc1. The molecule has 0 radical (unpaired) electrons. The molecule has 0 aliphatic rings. The predicted octanol–water partition coefficient (Wildman–Crippen LogP) is 5.61. The molecule has 1 heteroatoms. The van der Waals surface area contributed by atoms with Crippen LogP contribution in [0.1, 0.15) is 55.7 Å². The summed E-state index contributed by atoms with van der Waals surface area (Å²) in [7, 11) is 1.67. The summed E-state index contributed by atoms with van der Waals surface area (Å²) < 4.78 is 5.15. The largest absolute Gasteiger partial charge is 0.497 e. The van der Waals surface area contributed by atoms with Gasteiger partial charge in [0.25, 0.3) is 0 Å². The van der Waals surface area contributed by atoms with Crippen molar-refractivity contribution in [2.24, 2.45) is 0 Å². The van der Waals surface area contributed by atoms with E-state index in [9.17, 15) is 0 Å². The lowest BCUT2D eigenvalue weighted by atomic mass is 10.0. The molecule has 0 aromatic heterocycles. The Hall–Kier alpha value is -2.20. The van der Waals surface area contributed by atoms with E-state index in [2.05, 4.69) is 43.0 Å². The Morgan fingerprint density at radius 2 is 1.30 bits per heavy atom. The van der Waals surface area contributed by atoms with Gasteiger partial charge in [-0.25, -0.2) is 0 Å². The fraction of sp³-hybridized carbons (Fsp3) is 0.364. The molecule has 23 heavy (non-hydrogen) atoms. The average molecular weight is 306 g/mol. The van der Waals surface area contributed by atoms with Gasteiger partial charge in [0.2, 0.25) is 0 Å². The average Bonchev–Trinajstić information content (AvgIpc) is 2.61. The Morgan fingerprint density at radius 1 is 0.739 bits per heavy atom. The van der Waals surface area contributed by atoms with Crippen molar-refractivity contribution < 1.29 is 4.74 Å². The van der Waals surface area contributed by atoms with Gasteiger partial charge in [0.05, 0.1) is 7.11 Å². The molecule has 0 saturated heterocycles. The molecule has 2 rings (SSSR count). The molecular weight excluding hydrogens is 280 g/mol. The van der Waals surface area contributed by atoms with Crippen molar-refractivity contribution in [2.45, 2.75) is 45.4 Å². The van der Waals surface area contributed by atoms with Crippen molar-refractivity contribution >= 4 is 0 Å². The van der Waals surface area contributed by atoms with Gasteiger partial charge in [-0.05, 0) is 54.8 Å². The highest BCUT2D eigenvalue weighted by Gasteiger charge is 1.95. The van der Waals surface area contributed by atoms with Crippen LogP contribution >= 0.6 is 0 Å². The number of aryl methyl sites for hydroxylation is 1.